The average molecular weight is 234 g/mol. The second-order valence-electron chi connectivity index (χ2n) is 4.89. The molecule has 0 aromatic heterocycles. The van der Waals surface area contributed by atoms with Gasteiger partial charge in [0.2, 0.25) is 5.91 Å². The highest BCUT2D eigenvalue weighted by Crippen LogP contribution is 2.22. The van der Waals surface area contributed by atoms with Crippen LogP contribution in [0.1, 0.15) is 6.42 Å². The minimum atomic E-state index is -0.348. The number of rotatable bonds is 1. The van der Waals surface area contributed by atoms with Crippen LogP contribution < -0.4 is 11.1 Å². The predicted molar refractivity (Wildman–Crippen MR) is 64.9 cm³/mol. The molecule has 0 aromatic rings. The summed E-state index contributed by atoms with van der Waals surface area (Å²) in [6, 6.07) is 0.384. The number of carbonyl (C=O) groups excluding carboxylic acids is 1. The highest BCUT2D eigenvalue weighted by molar-refractivity contribution is 5.94. The minimum absolute atomic E-state index is 0.348. The van der Waals surface area contributed by atoms with E-state index in [1.54, 1.807) is 0 Å². The van der Waals surface area contributed by atoms with Gasteiger partial charge in [0.25, 0.3) is 0 Å². The van der Waals surface area contributed by atoms with Crippen LogP contribution in [0, 0.1) is 0 Å². The van der Waals surface area contributed by atoms with E-state index in [9.17, 15) is 4.79 Å². The number of hydrogen-bond acceptors (Lipinski definition) is 4. The topological polar surface area (TPSA) is 61.6 Å². The Balaban J connectivity index is 1.77. The molecule has 3 aliphatic rings. The summed E-state index contributed by atoms with van der Waals surface area (Å²) in [6.07, 6.45) is 7.47. The van der Waals surface area contributed by atoms with E-state index in [4.69, 9.17) is 5.73 Å². The van der Waals surface area contributed by atoms with E-state index in [2.05, 4.69) is 21.2 Å². The fourth-order valence-electron chi connectivity index (χ4n) is 2.82. The van der Waals surface area contributed by atoms with Gasteiger partial charge in [-0.15, -0.1) is 0 Å². The highest BCUT2D eigenvalue weighted by atomic mass is 16.1. The molecule has 5 heteroatoms. The second-order valence-corrected chi connectivity index (χ2v) is 4.89. The number of carbonyl (C=O) groups is 1. The fourth-order valence-corrected chi connectivity index (χ4v) is 2.82. The number of amides is 1. The van der Waals surface area contributed by atoms with E-state index in [-0.39, 0.29) is 5.91 Å². The van der Waals surface area contributed by atoms with Crippen molar-refractivity contribution >= 4 is 5.91 Å². The first-order valence-corrected chi connectivity index (χ1v) is 6.17. The summed E-state index contributed by atoms with van der Waals surface area (Å²) in [5.41, 5.74) is 5.91. The Kier molecular flexibility index (Phi) is 2.64. The number of fused-ring (bicyclic) bond motifs is 2. The SMILES string of the molecule is NC(=O)C1=CN2CC3NCCCN3CC2C=C1. The van der Waals surface area contributed by atoms with Crippen molar-refractivity contribution in [2.75, 3.05) is 26.2 Å². The number of piperazine rings is 1. The molecule has 2 saturated heterocycles. The molecule has 3 heterocycles. The van der Waals surface area contributed by atoms with Gasteiger partial charge in [0.1, 0.15) is 0 Å². The van der Waals surface area contributed by atoms with Gasteiger partial charge in [0.05, 0.1) is 17.8 Å². The molecular weight excluding hydrogens is 216 g/mol. The summed E-state index contributed by atoms with van der Waals surface area (Å²) in [5.74, 6) is -0.348. The largest absolute Gasteiger partial charge is 0.366 e. The van der Waals surface area contributed by atoms with E-state index in [1.807, 2.05) is 12.3 Å². The van der Waals surface area contributed by atoms with E-state index < -0.39 is 0 Å². The predicted octanol–water partition coefficient (Wildman–Crippen LogP) is -0.769. The van der Waals surface area contributed by atoms with Crippen molar-refractivity contribution in [3.63, 3.8) is 0 Å². The molecular formula is C12H18N4O. The number of nitrogens with two attached hydrogens (primary N) is 1. The molecule has 2 unspecified atom stereocenters. The van der Waals surface area contributed by atoms with Gasteiger partial charge in [-0.1, -0.05) is 6.08 Å². The summed E-state index contributed by atoms with van der Waals surface area (Å²) in [5, 5.41) is 3.51. The van der Waals surface area contributed by atoms with Crippen molar-refractivity contribution in [1.82, 2.24) is 15.1 Å². The first-order chi connectivity index (χ1) is 8.24. The lowest BCUT2D eigenvalue weighted by Gasteiger charge is -2.48. The summed E-state index contributed by atoms with van der Waals surface area (Å²) in [6.45, 7) is 4.20. The van der Waals surface area contributed by atoms with Crippen molar-refractivity contribution < 1.29 is 4.79 Å². The fraction of sp³-hybridized carbons (Fsp3) is 0.583. The van der Waals surface area contributed by atoms with E-state index >= 15 is 0 Å². The van der Waals surface area contributed by atoms with Gasteiger partial charge >= 0.3 is 0 Å². The molecule has 3 N–H and O–H groups in total. The summed E-state index contributed by atoms with van der Waals surface area (Å²) < 4.78 is 0. The lowest BCUT2D eigenvalue weighted by molar-refractivity contribution is -0.114. The van der Waals surface area contributed by atoms with Gasteiger partial charge in [-0.2, -0.15) is 0 Å². The van der Waals surface area contributed by atoms with Gasteiger partial charge in [-0.3, -0.25) is 9.69 Å². The first-order valence-electron chi connectivity index (χ1n) is 6.17. The molecule has 3 rings (SSSR count). The molecule has 3 aliphatic heterocycles. The van der Waals surface area contributed by atoms with Crippen molar-refractivity contribution in [1.29, 1.82) is 0 Å². The zero-order valence-corrected chi connectivity index (χ0v) is 9.80. The third-order valence-corrected chi connectivity index (χ3v) is 3.76. The molecule has 92 valence electrons. The first kappa shape index (κ1) is 10.8. The van der Waals surface area contributed by atoms with Crippen LogP contribution in [0.2, 0.25) is 0 Å². The number of nitrogens with one attached hydrogen (secondary N) is 1. The molecule has 2 atom stereocenters. The summed E-state index contributed by atoms with van der Waals surface area (Å²) >= 11 is 0. The molecule has 1 amide bonds. The lowest BCUT2D eigenvalue weighted by Crippen LogP contribution is -2.64. The molecule has 17 heavy (non-hydrogen) atoms. The molecule has 0 radical (unpaired) electrons. The van der Waals surface area contributed by atoms with Gasteiger partial charge in [-0.05, 0) is 19.0 Å². The Labute approximate surface area is 101 Å². The quantitative estimate of drug-likeness (QED) is 0.625. The number of nitrogens with zero attached hydrogens (tertiary/aromatic N) is 2. The van der Waals surface area contributed by atoms with Gasteiger partial charge < -0.3 is 16.0 Å². The van der Waals surface area contributed by atoms with Crippen LogP contribution in [0.4, 0.5) is 0 Å². The van der Waals surface area contributed by atoms with Crippen LogP contribution in [0.25, 0.3) is 0 Å². The monoisotopic (exact) mass is 234 g/mol. The van der Waals surface area contributed by atoms with Crippen LogP contribution in [0.5, 0.6) is 0 Å². The maximum Gasteiger partial charge on any atom is 0.250 e. The van der Waals surface area contributed by atoms with Crippen LogP contribution in [0.3, 0.4) is 0 Å². The smallest absolute Gasteiger partial charge is 0.250 e. The Morgan fingerprint density at radius 1 is 1.47 bits per heavy atom. The maximum atomic E-state index is 11.2. The van der Waals surface area contributed by atoms with Crippen LogP contribution in [0.15, 0.2) is 23.9 Å². The van der Waals surface area contributed by atoms with Crippen LogP contribution >= 0.6 is 0 Å². The van der Waals surface area contributed by atoms with Gasteiger partial charge in [0.15, 0.2) is 0 Å². The number of hydrogen-bond donors (Lipinski definition) is 2. The van der Waals surface area contributed by atoms with Crippen LogP contribution in [-0.4, -0.2) is 54.1 Å². The third kappa shape index (κ3) is 1.96. The molecule has 2 fully saturated rings. The zero-order chi connectivity index (χ0) is 11.8. The molecule has 0 saturated carbocycles. The molecule has 0 bridgehead atoms. The number of primary amides is 1. The minimum Gasteiger partial charge on any atom is -0.366 e. The van der Waals surface area contributed by atoms with Gasteiger partial charge in [-0.25, -0.2) is 0 Å². The lowest BCUT2D eigenvalue weighted by atomic mass is 10.0. The Hall–Kier alpha value is -1.33. The van der Waals surface area contributed by atoms with Crippen molar-refractivity contribution in [3.8, 4) is 0 Å². The standard InChI is InChI=1S/C12H18N4O/c13-12(17)9-2-3-10-7-15-5-1-4-14-11(15)8-16(10)6-9/h2-3,6,10-11,14H,1,4-5,7-8H2,(H2,13,17). The highest BCUT2D eigenvalue weighted by Gasteiger charge is 2.33. The Morgan fingerprint density at radius 2 is 2.35 bits per heavy atom. The molecule has 5 nitrogen and oxygen atoms in total. The van der Waals surface area contributed by atoms with Crippen molar-refractivity contribution in [3.05, 3.63) is 23.9 Å². The second kappa shape index (κ2) is 4.16. The van der Waals surface area contributed by atoms with Gasteiger partial charge in [0, 0.05) is 25.8 Å². The maximum absolute atomic E-state index is 11.2. The Bertz CT molecular complexity index is 390. The van der Waals surface area contributed by atoms with E-state index in [0.717, 1.165) is 19.6 Å². The molecule has 0 spiro atoms. The van der Waals surface area contributed by atoms with Crippen LogP contribution in [-0.2, 0) is 4.79 Å². The molecule has 0 aromatic carbocycles. The summed E-state index contributed by atoms with van der Waals surface area (Å²) in [4.78, 5) is 15.9. The van der Waals surface area contributed by atoms with E-state index in [1.165, 1.54) is 13.0 Å². The van der Waals surface area contributed by atoms with E-state index in [0.29, 0.717) is 17.8 Å². The summed E-state index contributed by atoms with van der Waals surface area (Å²) in [7, 11) is 0. The van der Waals surface area contributed by atoms with Crippen molar-refractivity contribution in [2.45, 2.75) is 18.6 Å². The van der Waals surface area contributed by atoms with Crippen molar-refractivity contribution in [2.24, 2.45) is 5.73 Å². The molecule has 0 aliphatic carbocycles. The average Bonchev–Trinajstić information content (AvgIpc) is 2.35. The zero-order valence-electron chi connectivity index (χ0n) is 9.80. The third-order valence-electron chi connectivity index (χ3n) is 3.76. The normalized spacial score (nSPS) is 32.7. The Morgan fingerprint density at radius 3 is 3.18 bits per heavy atom.